The second-order valence-corrected chi connectivity index (χ2v) is 7.66. The van der Waals surface area contributed by atoms with Gasteiger partial charge in [-0.1, -0.05) is 18.9 Å². The Bertz CT molecular complexity index is 683. The lowest BCUT2D eigenvalue weighted by Gasteiger charge is -2.28. The van der Waals surface area contributed by atoms with Crippen molar-refractivity contribution in [3.8, 4) is 0 Å². The lowest BCUT2D eigenvalue weighted by molar-refractivity contribution is 0.0856. The maximum absolute atomic E-state index is 12.7. The molecule has 1 atom stereocenters. The van der Waals surface area contributed by atoms with E-state index in [1.807, 2.05) is 0 Å². The zero-order valence-corrected chi connectivity index (χ0v) is 14.4. The minimum Gasteiger partial charge on any atom is -0.445 e. The van der Waals surface area contributed by atoms with Crippen LogP contribution in [0.5, 0.6) is 0 Å². The molecule has 1 aliphatic carbocycles. The molecule has 2 aliphatic rings. The van der Waals surface area contributed by atoms with Crippen LogP contribution >= 0.6 is 11.3 Å². The minimum absolute atomic E-state index is 0.0809. The predicted molar refractivity (Wildman–Crippen MR) is 91.2 cm³/mol. The van der Waals surface area contributed by atoms with E-state index in [0.29, 0.717) is 24.6 Å². The van der Waals surface area contributed by atoms with E-state index in [4.69, 9.17) is 9.15 Å². The summed E-state index contributed by atoms with van der Waals surface area (Å²) in [5.41, 5.74) is 0.457. The van der Waals surface area contributed by atoms with Gasteiger partial charge in [0.2, 0.25) is 0 Å². The Balaban J connectivity index is 1.47. The van der Waals surface area contributed by atoms with Gasteiger partial charge in [-0.05, 0) is 37.1 Å². The molecule has 128 valence electrons. The summed E-state index contributed by atoms with van der Waals surface area (Å²) in [5, 5.41) is 5.23. The van der Waals surface area contributed by atoms with Gasteiger partial charge >= 0.3 is 0 Å². The van der Waals surface area contributed by atoms with Crippen LogP contribution in [0.3, 0.4) is 0 Å². The first kappa shape index (κ1) is 15.8. The van der Waals surface area contributed by atoms with Crippen LogP contribution in [0.15, 0.2) is 28.3 Å². The van der Waals surface area contributed by atoms with Crippen molar-refractivity contribution in [3.05, 3.63) is 40.2 Å². The monoisotopic (exact) mass is 346 g/mol. The molecule has 0 radical (unpaired) electrons. The number of nitrogens with one attached hydrogen (secondary N) is 1. The Morgan fingerprint density at radius 1 is 1.38 bits per heavy atom. The van der Waals surface area contributed by atoms with Crippen LogP contribution in [0.25, 0.3) is 0 Å². The molecule has 0 spiro atoms. The smallest absolute Gasteiger partial charge is 0.273 e. The molecule has 24 heavy (non-hydrogen) atoms. The molecule has 0 bridgehead atoms. The van der Waals surface area contributed by atoms with E-state index in [9.17, 15) is 4.79 Å². The zero-order valence-electron chi connectivity index (χ0n) is 13.6. The third-order valence-corrected chi connectivity index (χ3v) is 6.34. The summed E-state index contributed by atoms with van der Waals surface area (Å²) in [5.74, 6) is 0.415. The number of carbonyl (C=O) groups excluding carboxylic acids is 1. The standard InChI is InChI=1S/C18H22N2O3S/c21-17(15-16(23-12-20-15)13-5-3-9-22-13)19-11-18(7-1-2-8-18)14-6-4-10-24-14/h4,6,10,12-13H,1-3,5,7-9,11H2,(H,19,21)/t13-/m1/s1. The van der Waals surface area contributed by atoms with Gasteiger partial charge < -0.3 is 14.5 Å². The molecular formula is C18H22N2O3S. The van der Waals surface area contributed by atoms with Gasteiger partial charge in [-0.2, -0.15) is 0 Å². The second-order valence-electron chi connectivity index (χ2n) is 6.71. The van der Waals surface area contributed by atoms with Gasteiger partial charge in [-0.3, -0.25) is 4.79 Å². The van der Waals surface area contributed by atoms with Crippen molar-refractivity contribution >= 4 is 17.2 Å². The first-order chi connectivity index (χ1) is 11.8. The van der Waals surface area contributed by atoms with Crippen LogP contribution in [0.1, 0.15) is 65.8 Å². The van der Waals surface area contributed by atoms with Crippen LogP contribution in [0, 0.1) is 0 Å². The lowest BCUT2D eigenvalue weighted by Crippen LogP contribution is -2.39. The van der Waals surface area contributed by atoms with Crippen LogP contribution in [0.2, 0.25) is 0 Å². The summed E-state index contributed by atoms with van der Waals surface area (Å²) in [6.07, 6.45) is 7.79. The molecule has 1 aliphatic heterocycles. The zero-order chi connectivity index (χ0) is 16.4. The van der Waals surface area contributed by atoms with E-state index in [1.54, 1.807) is 11.3 Å². The first-order valence-corrected chi connectivity index (χ1v) is 9.54. The molecule has 5 nitrogen and oxygen atoms in total. The van der Waals surface area contributed by atoms with Crippen LogP contribution in [-0.2, 0) is 10.2 Å². The van der Waals surface area contributed by atoms with Crippen molar-refractivity contribution in [2.75, 3.05) is 13.2 Å². The predicted octanol–water partition coefficient (Wildman–Crippen LogP) is 3.83. The van der Waals surface area contributed by atoms with Crippen LogP contribution < -0.4 is 5.32 Å². The van der Waals surface area contributed by atoms with Gasteiger partial charge in [0.1, 0.15) is 6.10 Å². The van der Waals surface area contributed by atoms with Crippen molar-refractivity contribution in [3.63, 3.8) is 0 Å². The molecule has 2 aromatic rings. The molecule has 0 aromatic carbocycles. The molecule has 1 saturated carbocycles. The molecule has 1 amide bonds. The van der Waals surface area contributed by atoms with E-state index < -0.39 is 0 Å². The molecule has 4 rings (SSSR count). The summed E-state index contributed by atoms with van der Waals surface area (Å²) in [4.78, 5) is 18.2. The van der Waals surface area contributed by atoms with E-state index in [1.165, 1.54) is 24.1 Å². The van der Waals surface area contributed by atoms with Crippen molar-refractivity contribution < 1.29 is 13.9 Å². The number of amides is 1. The number of nitrogens with zero attached hydrogens (tertiary/aromatic N) is 1. The van der Waals surface area contributed by atoms with Gasteiger partial charge in [0.15, 0.2) is 17.8 Å². The first-order valence-electron chi connectivity index (χ1n) is 8.66. The van der Waals surface area contributed by atoms with Crippen molar-refractivity contribution in [2.24, 2.45) is 0 Å². The van der Waals surface area contributed by atoms with Gasteiger partial charge in [0.25, 0.3) is 5.91 Å². The molecule has 1 saturated heterocycles. The average molecular weight is 346 g/mol. The molecule has 3 heterocycles. The average Bonchev–Trinajstić information content (AvgIpc) is 3.41. The maximum atomic E-state index is 12.7. The normalized spacial score (nSPS) is 22.8. The van der Waals surface area contributed by atoms with Crippen molar-refractivity contribution in [2.45, 2.75) is 50.0 Å². The van der Waals surface area contributed by atoms with Crippen LogP contribution in [-0.4, -0.2) is 24.0 Å². The number of rotatable bonds is 5. The third-order valence-electron chi connectivity index (χ3n) is 5.22. The summed E-state index contributed by atoms with van der Waals surface area (Å²) >= 11 is 1.79. The summed E-state index contributed by atoms with van der Waals surface area (Å²) in [7, 11) is 0. The molecular weight excluding hydrogens is 324 g/mol. The Morgan fingerprint density at radius 3 is 2.96 bits per heavy atom. The fourth-order valence-electron chi connectivity index (χ4n) is 3.91. The van der Waals surface area contributed by atoms with Gasteiger partial charge in [0.05, 0.1) is 0 Å². The molecule has 2 aromatic heterocycles. The number of oxazole rings is 1. The largest absolute Gasteiger partial charge is 0.445 e. The molecule has 6 heteroatoms. The number of carbonyl (C=O) groups is 1. The van der Waals surface area contributed by atoms with E-state index in [2.05, 4.69) is 27.8 Å². The fraction of sp³-hybridized carbons (Fsp3) is 0.556. The summed E-state index contributed by atoms with van der Waals surface area (Å²) < 4.78 is 11.1. The fourth-order valence-corrected chi connectivity index (χ4v) is 4.90. The van der Waals surface area contributed by atoms with Crippen molar-refractivity contribution in [1.29, 1.82) is 0 Å². The highest BCUT2D eigenvalue weighted by atomic mass is 32.1. The highest BCUT2D eigenvalue weighted by Gasteiger charge is 2.37. The number of thiophene rings is 1. The quantitative estimate of drug-likeness (QED) is 0.894. The number of aromatic nitrogens is 1. The van der Waals surface area contributed by atoms with Crippen molar-refractivity contribution in [1.82, 2.24) is 10.3 Å². The topological polar surface area (TPSA) is 64.4 Å². The second kappa shape index (κ2) is 6.69. The Hall–Kier alpha value is -1.66. The summed E-state index contributed by atoms with van der Waals surface area (Å²) in [6.45, 7) is 1.37. The molecule has 2 fully saturated rings. The van der Waals surface area contributed by atoms with Gasteiger partial charge in [-0.15, -0.1) is 11.3 Å². The maximum Gasteiger partial charge on any atom is 0.273 e. The SMILES string of the molecule is O=C(NCC1(c2cccs2)CCCC1)c1ncoc1[C@H]1CCCO1. The number of ether oxygens (including phenoxy) is 1. The highest BCUT2D eigenvalue weighted by Crippen LogP contribution is 2.42. The number of hydrogen-bond donors (Lipinski definition) is 1. The van der Waals surface area contributed by atoms with E-state index in [-0.39, 0.29) is 17.4 Å². The van der Waals surface area contributed by atoms with E-state index in [0.717, 1.165) is 25.7 Å². The minimum atomic E-state index is -0.155. The van der Waals surface area contributed by atoms with Crippen LogP contribution in [0.4, 0.5) is 0 Å². The Labute approximate surface area is 145 Å². The number of hydrogen-bond acceptors (Lipinski definition) is 5. The lowest BCUT2D eigenvalue weighted by atomic mass is 9.84. The Morgan fingerprint density at radius 2 is 2.25 bits per heavy atom. The molecule has 0 unspecified atom stereocenters. The highest BCUT2D eigenvalue weighted by molar-refractivity contribution is 7.10. The molecule has 1 N–H and O–H groups in total. The van der Waals surface area contributed by atoms with E-state index >= 15 is 0 Å². The summed E-state index contributed by atoms with van der Waals surface area (Å²) in [6, 6.07) is 4.28. The third kappa shape index (κ3) is 2.89. The Kier molecular flexibility index (Phi) is 4.41. The van der Waals surface area contributed by atoms with Gasteiger partial charge in [-0.25, -0.2) is 4.98 Å². The van der Waals surface area contributed by atoms with Gasteiger partial charge in [0, 0.05) is 23.4 Å².